The number of rotatable bonds is 19. The van der Waals surface area contributed by atoms with Gasteiger partial charge < -0.3 is 82.2 Å². The molecule has 0 bridgehead atoms. The highest BCUT2D eigenvalue weighted by atomic mass is 16.4. The molecule has 1 amide bonds. The number of likely N-dealkylation sites (N-methyl/N-ethyl adjacent to an activating group) is 2. The lowest BCUT2D eigenvalue weighted by Gasteiger charge is -2.25. The minimum absolute atomic E-state index is 0.0936. The highest BCUT2D eigenvalue weighted by Gasteiger charge is 2.30. The second-order valence-electron chi connectivity index (χ2n) is 15.6. The van der Waals surface area contributed by atoms with Crippen LogP contribution >= 0.6 is 0 Å². The Morgan fingerprint density at radius 2 is 1.16 bits per heavy atom. The third-order valence-corrected chi connectivity index (χ3v) is 10.6. The SMILES string of the molecule is CNC[C@H](O)[C@@H](O)[C@H](O)[C@H](O)CO.CNC[C@H](O)[C@@H](O)[C@H](O)[C@H](O)CO.O=C(Nc1cc(CO)cc(CO)c1)c1nc(-c2ccc3ccccc3c2)[nH]c1CC1CCCCCC1. The maximum atomic E-state index is 13.5. The van der Waals surface area contributed by atoms with Gasteiger partial charge >= 0.3 is 0 Å². The van der Waals surface area contributed by atoms with Gasteiger partial charge in [0.25, 0.3) is 5.91 Å². The summed E-state index contributed by atoms with van der Waals surface area (Å²) in [5.74, 6) is 0.929. The van der Waals surface area contributed by atoms with E-state index in [-0.39, 0.29) is 32.2 Å². The minimum Gasteiger partial charge on any atom is -0.394 e. The first-order valence-corrected chi connectivity index (χ1v) is 20.9. The molecule has 62 heavy (non-hydrogen) atoms. The van der Waals surface area contributed by atoms with Crippen molar-refractivity contribution < 1.29 is 66.1 Å². The first-order chi connectivity index (χ1) is 29.7. The molecule has 1 heterocycles. The van der Waals surface area contributed by atoms with Crippen LogP contribution in [0.3, 0.4) is 0 Å². The van der Waals surface area contributed by atoms with E-state index in [0.717, 1.165) is 28.5 Å². The largest absolute Gasteiger partial charge is 0.394 e. The summed E-state index contributed by atoms with van der Waals surface area (Å²) in [5, 5.41) is 119. The number of H-pyrrole nitrogens is 1. The summed E-state index contributed by atoms with van der Waals surface area (Å²) in [6.07, 6.45) is -3.13. The van der Waals surface area contributed by atoms with Gasteiger partial charge in [-0.1, -0.05) is 81.0 Å². The lowest BCUT2D eigenvalue weighted by Crippen LogP contribution is -2.48. The van der Waals surface area contributed by atoms with E-state index < -0.39 is 62.0 Å². The number of aliphatic hydroxyl groups is 12. The predicted molar refractivity (Wildman–Crippen MR) is 233 cm³/mol. The molecule has 346 valence electrons. The molecular formula is C44H67N5O13. The van der Waals surface area contributed by atoms with E-state index in [0.29, 0.717) is 34.3 Å². The number of carbonyl (C=O) groups excluding carboxylic acids is 1. The number of benzene rings is 3. The summed E-state index contributed by atoms with van der Waals surface area (Å²) < 4.78 is 0. The zero-order chi connectivity index (χ0) is 45.8. The van der Waals surface area contributed by atoms with Gasteiger partial charge in [-0.25, -0.2) is 4.98 Å². The number of nitrogens with one attached hydrogen (secondary N) is 4. The number of aromatic amines is 1. The molecule has 1 fully saturated rings. The number of anilines is 1. The quantitative estimate of drug-likeness (QED) is 0.0516. The van der Waals surface area contributed by atoms with Crippen LogP contribution in [0.1, 0.15) is 65.8 Å². The second-order valence-corrected chi connectivity index (χ2v) is 15.6. The molecule has 0 radical (unpaired) electrons. The monoisotopic (exact) mass is 873 g/mol. The number of nitrogens with zero attached hydrogens (tertiary/aromatic N) is 1. The van der Waals surface area contributed by atoms with Crippen molar-refractivity contribution in [2.45, 2.75) is 107 Å². The fourth-order valence-electron chi connectivity index (χ4n) is 7.07. The molecule has 18 heteroatoms. The number of aromatic nitrogens is 2. The number of imidazole rings is 1. The van der Waals surface area contributed by atoms with E-state index in [2.05, 4.69) is 45.2 Å². The van der Waals surface area contributed by atoms with Crippen molar-refractivity contribution in [2.24, 2.45) is 5.92 Å². The molecule has 5 rings (SSSR count). The first kappa shape index (κ1) is 52.4. The maximum absolute atomic E-state index is 13.5. The summed E-state index contributed by atoms with van der Waals surface area (Å²) >= 11 is 0. The number of fused-ring (bicyclic) bond motifs is 1. The van der Waals surface area contributed by atoms with Gasteiger partial charge in [0.2, 0.25) is 0 Å². The van der Waals surface area contributed by atoms with E-state index in [1.165, 1.54) is 38.5 Å². The van der Waals surface area contributed by atoms with Gasteiger partial charge in [0.15, 0.2) is 0 Å². The number of aliphatic hydroxyl groups excluding tert-OH is 12. The summed E-state index contributed by atoms with van der Waals surface area (Å²) in [5.41, 5.74) is 4.01. The molecule has 0 aliphatic heterocycles. The van der Waals surface area contributed by atoms with Crippen LogP contribution in [0.5, 0.6) is 0 Å². The van der Waals surface area contributed by atoms with E-state index in [1.807, 2.05) is 18.2 Å². The van der Waals surface area contributed by atoms with Crippen LogP contribution in [-0.2, 0) is 19.6 Å². The molecule has 0 unspecified atom stereocenters. The van der Waals surface area contributed by atoms with Gasteiger partial charge in [-0.05, 0) is 66.5 Å². The Hall–Kier alpha value is -3.96. The summed E-state index contributed by atoms with van der Waals surface area (Å²) in [7, 11) is 3.15. The molecular weight excluding hydrogens is 807 g/mol. The van der Waals surface area contributed by atoms with E-state index >= 15 is 0 Å². The van der Waals surface area contributed by atoms with Gasteiger partial charge in [0.1, 0.15) is 48.1 Å². The van der Waals surface area contributed by atoms with Crippen molar-refractivity contribution in [3.05, 3.63) is 83.2 Å². The molecule has 4 aromatic rings. The van der Waals surface area contributed by atoms with Crippen molar-refractivity contribution >= 4 is 22.4 Å². The fraction of sp³-hybridized carbons (Fsp3) is 0.545. The fourth-order valence-corrected chi connectivity index (χ4v) is 7.07. The number of carbonyl (C=O) groups is 1. The van der Waals surface area contributed by atoms with Crippen LogP contribution < -0.4 is 16.0 Å². The standard InChI is InChI=1S/C30H33N3O3.2C7H17NO5/c34-18-21-13-22(19-35)15-26(14-21)31-30(36)28-27(16-20-7-3-1-2-4-8-20)32-29(33-28)25-12-11-23-9-5-6-10-24(23)17-25;2*1-8-2-4(10)6(12)7(13)5(11)3-9/h5-6,9-15,17,20,34-35H,1-4,7-8,16,18-19H2,(H,31,36)(H,32,33);2*4-13H,2-3H2,1H3/t;2*4-,5+,6+,7+/m.00/s1. The van der Waals surface area contributed by atoms with Crippen molar-refractivity contribution in [3.63, 3.8) is 0 Å². The summed E-state index contributed by atoms with van der Waals surface area (Å²) in [4.78, 5) is 21.8. The molecule has 1 saturated carbocycles. The van der Waals surface area contributed by atoms with Crippen LogP contribution in [-0.4, -0.2) is 166 Å². The van der Waals surface area contributed by atoms with Crippen molar-refractivity contribution in [1.29, 1.82) is 0 Å². The Morgan fingerprint density at radius 3 is 1.65 bits per heavy atom. The number of amides is 1. The van der Waals surface area contributed by atoms with Gasteiger partial charge in [0.05, 0.1) is 38.6 Å². The average Bonchev–Trinajstić information content (AvgIpc) is 3.54. The predicted octanol–water partition coefficient (Wildman–Crippen LogP) is -0.737. The van der Waals surface area contributed by atoms with Crippen LogP contribution in [0.15, 0.2) is 60.7 Å². The van der Waals surface area contributed by atoms with Crippen molar-refractivity contribution in [1.82, 2.24) is 20.6 Å². The van der Waals surface area contributed by atoms with Gasteiger partial charge in [-0.2, -0.15) is 0 Å². The molecule has 1 aromatic heterocycles. The smallest absolute Gasteiger partial charge is 0.276 e. The Morgan fingerprint density at radius 1 is 0.661 bits per heavy atom. The van der Waals surface area contributed by atoms with E-state index in [9.17, 15) is 25.2 Å². The highest BCUT2D eigenvalue weighted by Crippen LogP contribution is 2.30. The highest BCUT2D eigenvalue weighted by molar-refractivity contribution is 6.04. The van der Waals surface area contributed by atoms with Gasteiger partial charge in [-0.3, -0.25) is 4.79 Å². The Balaban J connectivity index is 0.000000325. The molecule has 18 nitrogen and oxygen atoms in total. The lowest BCUT2D eigenvalue weighted by atomic mass is 9.94. The second kappa shape index (κ2) is 27.3. The van der Waals surface area contributed by atoms with Crippen molar-refractivity contribution in [2.75, 3.05) is 45.7 Å². The van der Waals surface area contributed by atoms with Crippen LogP contribution in [0.25, 0.3) is 22.2 Å². The molecule has 16 N–H and O–H groups in total. The normalized spacial score (nSPS) is 17.2. The molecule has 3 aromatic carbocycles. The molecule has 0 spiro atoms. The lowest BCUT2D eigenvalue weighted by molar-refractivity contribution is -0.113. The first-order valence-electron chi connectivity index (χ1n) is 20.9. The topological polar surface area (TPSA) is 325 Å². The minimum atomic E-state index is -1.55. The molecule has 1 aliphatic rings. The maximum Gasteiger partial charge on any atom is 0.276 e. The van der Waals surface area contributed by atoms with Gasteiger partial charge in [0, 0.05) is 30.0 Å². The van der Waals surface area contributed by atoms with Gasteiger partial charge in [-0.15, -0.1) is 0 Å². The van der Waals surface area contributed by atoms with E-state index in [4.69, 9.17) is 45.8 Å². The zero-order valence-corrected chi connectivity index (χ0v) is 35.4. The van der Waals surface area contributed by atoms with Crippen LogP contribution in [0.4, 0.5) is 5.69 Å². The Bertz CT molecular complexity index is 1840. The molecule has 1 aliphatic carbocycles. The number of hydrogen-bond acceptors (Lipinski definition) is 16. The van der Waals surface area contributed by atoms with Crippen LogP contribution in [0, 0.1) is 5.92 Å². The molecule has 8 atom stereocenters. The third-order valence-electron chi connectivity index (χ3n) is 10.6. The summed E-state index contributed by atoms with van der Waals surface area (Å²) in [6, 6.07) is 19.6. The number of hydrogen-bond donors (Lipinski definition) is 16. The zero-order valence-electron chi connectivity index (χ0n) is 35.4. The molecule has 0 saturated heterocycles. The third kappa shape index (κ3) is 16.0. The Labute approximate surface area is 361 Å². The Kier molecular flexibility index (Phi) is 23.0. The average molecular weight is 874 g/mol. The van der Waals surface area contributed by atoms with E-state index in [1.54, 1.807) is 32.3 Å². The van der Waals surface area contributed by atoms with Crippen LogP contribution in [0.2, 0.25) is 0 Å². The summed E-state index contributed by atoms with van der Waals surface area (Å²) in [6.45, 7) is -1.47. The van der Waals surface area contributed by atoms with Crippen molar-refractivity contribution in [3.8, 4) is 11.4 Å².